The first kappa shape index (κ1) is 33.9. The van der Waals surface area contributed by atoms with Crippen molar-refractivity contribution < 1.29 is 18.0 Å². The summed E-state index contributed by atoms with van der Waals surface area (Å²) in [6, 6.07) is 29.7. The zero-order valence-corrected chi connectivity index (χ0v) is 28.5. The predicted molar refractivity (Wildman–Crippen MR) is 183 cm³/mol. The third-order valence-electron chi connectivity index (χ3n) is 7.62. The number of amides is 2. The van der Waals surface area contributed by atoms with Crippen LogP contribution >= 0.6 is 15.9 Å². The van der Waals surface area contributed by atoms with Crippen LogP contribution in [-0.4, -0.2) is 43.8 Å². The molecule has 0 aliphatic carbocycles. The molecular formula is C36H40BrN3O4S. The molecule has 0 aromatic heterocycles. The van der Waals surface area contributed by atoms with E-state index in [1.54, 1.807) is 30.3 Å². The number of hydrogen-bond acceptors (Lipinski definition) is 4. The number of aryl methyl sites for hydroxylation is 2. The van der Waals surface area contributed by atoms with Gasteiger partial charge in [0.15, 0.2) is 0 Å². The molecule has 0 aliphatic heterocycles. The molecule has 0 radical (unpaired) electrons. The second kappa shape index (κ2) is 15.4. The molecule has 0 fully saturated rings. The first-order valence-corrected chi connectivity index (χ1v) is 17.3. The molecule has 7 nitrogen and oxygen atoms in total. The third-order valence-corrected chi connectivity index (χ3v) is 9.90. The summed E-state index contributed by atoms with van der Waals surface area (Å²) in [6.45, 7) is 7.30. The normalized spacial score (nSPS) is 12.6. The smallest absolute Gasteiger partial charge is 0.264 e. The second-order valence-corrected chi connectivity index (χ2v) is 14.1. The van der Waals surface area contributed by atoms with Crippen LogP contribution in [0.25, 0.3) is 0 Å². The molecule has 0 bridgehead atoms. The number of rotatable bonds is 13. The third kappa shape index (κ3) is 9.05. The summed E-state index contributed by atoms with van der Waals surface area (Å²) in [7, 11) is -4.15. The number of nitrogens with one attached hydrogen (secondary N) is 1. The fourth-order valence-corrected chi connectivity index (χ4v) is 7.04. The van der Waals surface area contributed by atoms with Crippen molar-refractivity contribution in [1.29, 1.82) is 0 Å². The number of halogens is 1. The minimum atomic E-state index is -4.15. The highest BCUT2D eigenvalue weighted by atomic mass is 79.9. The van der Waals surface area contributed by atoms with Gasteiger partial charge in [-0.25, -0.2) is 8.42 Å². The van der Waals surface area contributed by atoms with Crippen LogP contribution in [0.2, 0.25) is 0 Å². The molecule has 236 valence electrons. The molecule has 2 amide bonds. The average molecular weight is 691 g/mol. The Labute approximate surface area is 275 Å². The zero-order chi connectivity index (χ0) is 32.6. The van der Waals surface area contributed by atoms with Gasteiger partial charge in [0.1, 0.15) is 12.6 Å². The molecular weight excluding hydrogens is 650 g/mol. The van der Waals surface area contributed by atoms with E-state index in [2.05, 4.69) is 21.2 Å². The number of carbonyl (C=O) groups is 2. The van der Waals surface area contributed by atoms with Crippen molar-refractivity contribution in [1.82, 2.24) is 10.2 Å². The van der Waals surface area contributed by atoms with Crippen LogP contribution in [0, 0.1) is 13.8 Å². The molecule has 0 saturated heterocycles. The maximum Gasteiger partial charge on any atom is 0.264 e. The molecule has 4 rings (SSSR count). The molecule has 4 aromatic carbocycles. The van der Waals surface area contributed by atoms with Crippen molar-refractivity contribution in [2.45, 2.75) is 64.1 Å². The summed E-state index contributed by atoms with van der Waals surface area (Å²) in [5, 5.41) is 3.06. The maximum absolute atomic E-state index is 14.6. The number of nitrogens with zero attached hydrogens (tertiary/aromatic N) is 2. The fourth-order valence-electron chi connectivity index (χ4n) is 5.17. The first-order chi connectivity index (χ1) is 21.5. The highest BCUT2D eigenvalue weighted by Crippen LogP contribution is 2.27. The number of benzene rings is 4. The number of carbonyl (C=O) groups excluding carboxylic acids is 2. The molecule has 0 saturated carbocycles. The molecule has 0 heterocycles. The van der Waals surface area contributed by atoms with Gasteiger partial charge in [0.2, 0.25) is 11.8 Å². The Hall–Kier alpha value is -3.95. The second-order valence-electron chi connectivity index (χ2n) is 11.3. The minimum absolute atomic E-state index is 0.0749. The standard InChI is InChI=1S/C36H40BrN3O4S/c1-5-28(4)38-36(42)34(23-29-13-8-6-9-14-29)39(24-30-15-12-16-31(37)22-30)35(41)25-40(32-20-26(2)19-27(3)21-32)45(43,44)33-17-10-7-11-18-33/h6-22,28,34H,5,23-25H2,1-4H3,(H,38,42)/t28-,34+/m1/s1. The van der Waals surface area contributed by atoms with Gasteiger partial charge >= 0.3 is 0 Å². The number of sulfonamides is 1. The Bertz CT molecular complexity index is 1690. The maximum atomic E-state index is 14.6. The van der Waals surface area contributed by atoms with Crippen LogP contribution in [0.15, 0.2) is 112 Å². The molecule has 2 atom stereocenters. The minimum Gasteiger partial charge on any atom is -0.352 e. The molecule has 9 heteroatoms. The van der Waals surface area contributed by atoms with E-state index in [0.717, 1.165) is 37.5 Å². The lowest BCUT2D eigenvalue weighted by atomic mass is 10.0. The Morgan fingerprint density at radius 2 is 1.42 bits per heavy atom. The van der Waals surface area contributed by atoms with Gasteiger partial charge in [-0.15, -0.1) is 0 Å². The van der Waals surface area contributed by atoms with Crippen molar-refractivity contribution in [3.8, 4) is 0 Å². The molecule has 45 heavy (non-hydrogen) atoms. The van der Waals surface area contributed by atoms with E-state index >= 15 is 0 Å². The van der Waals surface area contributed by atoms with Crippen molar-refractivity contribution in [2.75, 3.05) is 10.8 Å². The summed E-state index contributed by atoms with van der Waals surface area (Å²) >= 11 is 3.52. The Kier molecular flexibility index (Phi) is 11.6. The van der Waals surface area contributed by atoms with Gasteiger partial charge < -0.3 is 10.2 Å². The van der Waals surface area contributed by atoms with Gasteiger partial charge in [-0.2, -0.15) is 0 Å². The summed E-state index contributed by atoms with van der Waals surface area (Å²) < 4.78 is 30.3. The van der Waals surface area contributed by atoms with E-state index in [9.17, 15) is 18.0 Å². The number of hydrogen-bond donors (Lipinski definition) is 1. The predicted octanol–water partition coefficient (Wildman–Crippen LogP) is 6.82. The van der Waals surface area contributed by atoms with Gasteiger partial charge in [-0.3, -0.25) is 13.9 Å². The lowest BCUT2D eigenvalue weighted by Crippen LogP contribution is -2.54. The fraction of sp³-hybridized carbons (Fsp3) is 0.278. The Balaban J connectivity index is 1.83. The van der Waals surface area contributed by atoms with E-state index in [1.165, 1.54) is 17.0 Å². The molecule has 1 N–H and O–H groups in total. The van der Waals surface area contributed by atoms with E-state index in [0.29, 0.717) is 5.69 Å². The first-order valence-electron chi connectivity index (χ1n) is 15.0. The SMILES string of the molecule is CC[C@@H](C)NC(=O)[C@H](Cc1ccccc1)N(Cc1cccc(Br)c1)C(=O)CN(c1cc(C)cc(C)c1)S(=O)(=O)c1ccccc1. The average Bonchev–Trinajstić information content (AvgIpc) is 3.01. The van der Waals surface area contributed by atoms with E-state index in [1.807, 2.05) is 88.4 Å². The summed E-state index contributed by atoms with van der Waals surface area (Å²) in [5.41, 5.74) is 3.81. The van der Waals surface area contributed by atoms with Gasteiger partial charge in [0.25, 0.3) is 10.0 Å². The molecule has 0 spiro atoms. The quantitative estimate of drug-likeness (QED) is 0.167. The van der Waals surface area contributed by atoms with Crippen molar-refractivity contribution >= 4 is 43.5 Å². The van der Waals surface area contributed by atoms with Gasteiger partial charge in [-0.1, -0.05) is 89.6 Å². The van der Waals surface area contributed by atoms with E-state index < -0.39 is 28.5 Å². The van der Waals surface area contributed by atoms with E-state index in [4.69, 9.17) is 0 Å². The highest BCUT2D eigenvalue weighted by Gasteiger charge is 2.35. The number of anilines is 1. The molecule has 4 aromatic rings. The van der Waals surface area contributed by atoms with Gasteiger partial charge in [0, 0.05) is 23.5 Å². The summed E-state index contributed by atoms with van der Waals surface area (Å²) in [5.74, 6) is -0.783. The lowest BCUT2D eigenvalue weighted by molar-refractivity contribution is -0.140. The lowest BCUT2D eigenvalue weighted by Gasteiger charge is -2.34. The zero-order valence-electron chi connectivity index (χ0n) is 26.1. The Morgan fingerprint density at radius 1 is 0.822 bits per heavy atom. The largest absolute Gasteiger partial charge is 0.352 e. The van der Waals surface area contributed by atoms with Crippen LogP contribution in [0.3, 0.4) is 0 Å². The molecule has 0 aliphatic rings. The van der Waals surface area contributed by atoms with Gasteiger partial charge in [-0.05, 0) is 85.8 Å². The summed E-state index contributed by atoms with van der Waals surface area (Å²) in [6.07, 6.45) is 0.983. The topological polar surface area (TPSA) is 86.8 Å². The van der Waals surface area contributed by atoms with Crippen molar-refractivity contribution in [2.24, 2.45) is 0 Å². The monoisotopic (exact) mass is 689 g/mol. The van der Waals surface area contributed by atoms with E-state index in [-0.39, 0.29) is 29.8 Å². The van der Waals surface area contributed by atoms with Crippen LogP contribution in [0.1, 0.15) is 42.5 Å². The van der Waals surface area contributed by atoms with Crippen LogP contribution in [0.4, 0.5) is 5.69 Å². The van der Waals surface area contributed by atoms with Crippen LogP contribution in [0.5, 0.6) is 0 Å². The Morgan fingerprint density at radius 3 is 2.02 bits per heavy atom. The van der Waals surface area contributed by atoms with Gasteiger partial charge in [0.05, 0.1) is 10.6 Å². The van der Waals surface area contributed by atoms with Crippen LogP contribution < -0.4 is 9.62 Å². The molecule has 0 unspecified atom stereocenters. The van der Waals surface area contributed by atoms with Crippen molar-refractivity contribution in [3.63, 3.8) is 0 Å². The summed E-state index contributed by atoms with van der Waals surface area (Å²) in [4.78, 5) is 30.1. The highest BCUT2D eigenvalue weighted by molar-refractivity contribution is 9.10. The van der Waals surface area contributed by atoms with Crippen molar-refractivity contribution in [3.05, 3.63) is 130 Å². The van der Waals surface area contributed by atoms with Crippen LogP contribution in [-0.2, 0) is 32.6 Å².